The summed E-state index contributed by atoms with van der Waals surface area (Å²) < 4.78 is 49.0. The Balaban J connectivity index is 2.01. The summed E-state index contributed by atoms with van der Waals surface area (Å²) in [4.78, 5) is 14.3. The topological polar surface area (TPSA) is 87.2 Å². The van der Waals surface area contributed by atoms with Crippen molar-refractivity contribution < 1.29 is 27.4 Å². The van der Waals surface area contributed by atoms with Crippen molar-refractivity contribution in [3.05, 3.63) is 59.4 Å². The average molecular weight is 531 g/mol. The third-order valence-electron chi connectivity index (χ3n) is 6.31. The van der Waals surface area contributed by atoms with Gasteiger partial charge in [0.05, 0.1) is 18.7 Å². The lowest BCUT2D eigenvalue weighted by Gasteiger charge is -2.37. The fraction of sp³-hybridized carbons (Fsp3) is 0.464. The van der Waals surface area contributed by atoms with Crippen molar-refractivity contribution in [1.82, 2.24) is 9.21 Å². The molecule has 0 radical (unpaired) electrons. The number of aliphatic hydroxyl groups excluding tert-OH is 1. The maximum absolute atomic E-state index is 14.2. The third kappa shape index (κ3) is 6.69. The Kier molecular flexibility index (Phi) is 9.35. The number of carbonyl (C=O) groups excluding carboxylic acids is 1. The second-order valence-electron chi connectivity index (χ2n) is 9.97. The summed E-state index contributed by atoms with van der Waals surface area (Å²) >= 11 is 0. The monoisotopic (exact) mass is 530 g/mol. The highest BCUT2D eigenvalue weighted by Crippen LogP contribution is 2.34. The molecule has 200 valence electrons. The molecular weight excluding hydrogens is 495 g/mol. The second kappa shape index (κ2) is 12.1. The first-order valence-corrected chi connectivity index (χ1v) is 13.8. The smallest absolute Gasteiger partial charge is 0.256 e. The number of amides is 1. The van der Waals surface area contributed by atoms with Crippen LogP contribution in [0.2, 0.25) is 0 Å². The molecule has 2 aromatic carbocycles. The zero-order chi connectivity index (χ0) is 27.3. The van der Waals surface area contributed by atoms with Gasteiger partial charge in [0.2, 0.25) is 10.0 Å². The van der Waals surface area contributed by atoms with Crippen LogP contribution in [-0.2, 0) is 10.0 Å². The number of sulfonamides is 1. The fourth-order valence-electron chi connectivity index (χ4n) is 4.07. The van der Waals surface area contributed by atoms with Crippen LogP contribution in [0.4, 0.5) is 4.39 Å². The first kappa shape index (κ1) is 28.6. The van der Waals surface area contributed by atoms with Crippen molar-refractivity contribution in [2.45, 2.75) is 51.2 Å². The van der Waals surface area contributed by atoms with Crippen LogP contribution in [0.25, 0.3) is 0 Å². The molecule has 7 nitrogen and oxygen atoms in total. The number of carbonyl (C=O) groups is 1. The molecule has 0 saturated carbocycles. The quantitative estimate of drug-likeness (QED) is 0.575. The number of rotatable bonds is 6. The molecular formula is C28H35FN2O5S. The molecule has 1 aliphatic heterocycles. The van der Waals surface area contributed by atoms with Crippen LogP contribution < -0.4 is 4.74 Å². The standard InChI is InChI=1S/C28H35FN2O5S/c1-19(2)9-8-10-22-13-14-27-25(15-22)36-26(20(3)16-31(21(4)18-32)37(27,34)35)17-30(5)28(33)23-11-6-7-12-24(23)29/h6-7,11-15,19-21,26,32H,9,16-18H2,1-5H3/t20-,21-,26+/m0/s1. The lowest BCUT2D eigenvalue weighted by atomic mass is 10.0. The highest BCUT2D eigenvalue weighted by molar-refractivity contribution is 7.89. The summed E-state index contributed by atoms with van der Waals surface area (Å²) in [7, 11) is -2.43. The van der Waals surface area contributed by atoms with Gasteiger partial charge in [0.25, 0.3) is 5.91 Å². The molecule has 1 N–H and O–H groups in total. The minimum absolute atomic E-state index is 0.0257. The summed E-state index contributed by atoms with van der Waals surface area (Å²) in [5, 5.41) is 9.79. The molecule has 0 spiro atoms. The van der Waals surface area contributed by atoms with E-state index in [1.54, 1.807) is 32.2 Å². The van der Waals surface area contributed by atoms with E-state index in [4.69, 9.17) is 4.74 Å². The van der Waals surface area contributed by atoms with Crippen LogP contribution >= 0.6 is 0 Å². The number of ether oxygens (including phenoxy) is 1. The van der Waals surface area contributed by atoms with E-state index >= 15 is 0 Å². The normalized spacial score (nSPS) is 20.0. The first-order chi connectivity index (χ1) is 17.4. The van der Waals surface area contributed by atoms with Gasteiger partial charge in [-0.15, -0.1) is 0 Å². The molecule has 3 atom stereocenters. The molecule has 2 aromatic rings. The molecule has 0 saturated heterocycles. The minimum Gasteiger partial charge on any atom is -0.487 e. The molecule has 0 unspecified atom stereocenters. The van der Waals surface area contributed by atoms with Gasteiger partial charge in [-0.25, -0.2) is 12.8 Å². The minimum atomic E-state index is -3.98. The predicted molar refractivity (Wildman–Crippen MR) is 140 cm³/mol. The summed E-state index contributed by atoms with van der Waals surface area (Å²) in [6, 6.07) is 9.82. The van der Waals surface area contributed by atoms with Crippen LogP contribution in [0.1, 0.15) is 50.0 Å². The van der Waals surface area contributed by atoms with E-state index in [0.717, 1.165) is 0 Å². The zero-order valence-electron chi connectivity index (χ0n) is 21.9. The molecule has 0 bridgehead atoms. The lowest BCUT2D eigenvalue weighted by Crippen LogP contribution is -2.50. The van der Waals surface area contributed by atoms with Crippen LogP contribution in [-0.4, -0.2) is 67.5 Å². The number of halogens is 1. The molecule has 0 aliphatic carbocycles. The van der Waals surface area contributed by atoms with Crippen LogP contribution in [0, 0.1) is 29.5 Å². The summed E-state index contributed by atoms with van der Waals surface area (Å²) in [6.45, 7) is 7.41. The average Bonchev–Trinajstić information content (AvgIpc) is 2.85. The van der Waals surface area contributed by atoms with Gasteiger partial charge >= 0.3 is 0 Å². The van der Waals surface area contributed by atoms with Crippen molar-refractivity contribution in [3.8, 4) is 17.6 Å². The number of hydrogen-bond acceptors (Lipinski definition) is 5. The number of hydrogen-bond donors (Lipinski definition) is 1. The van der Waals surface area contributed by atoms with E-state index in [1.807, 2.05) is 6.92 Å². The van der Waals surface area contributed by atoms with Gasteiger partial charge in [-0.2, -0.15) is 4.31 Å². The zero-order valence-corrected chi connectivity index (χ0v) is 22.8. The van der Waals surface area contributed by atoms with Gasteiger partial charge < -0.3 is 14.7 Å². The third-order valence-corrected chi connectivity index (χ3v) is 8.33. The van der Waals surface area contributed by atoms with Gasteiger partial charge in [0, 0.05) is 37.5 Å². The van der Waals surface area contributed by atoms with Crippen molar-refractivity contribution in [2.75, 3.05) is 26.7 Å². The fourth-order valence-corrected chi connectivity index (χ4v) is 5.90. The lowest BCUT2D eigenvalue weighted by molar-refractivity contribution is 0.0560. The highest BCUT2D eigenvalue weighted by Gasteiger charge is 2.38. The van der Waals surface area contributed by atoms with Crippen molar-refractivity contribution >= 4 is 15.9 Å². The Morgan fingerprint density at radius 3 is 2.59 bits per heavy atom. The summed E-state index contributed by atoms with van der Waals surface area (Å²) in [6.07, 6.45) is 0.0860. The number of benzene rings is 2. The molecule has 1 aliphatic rings. The Morgan fingerprint density at radius 2 is 1.95 bits per heavy atom. The summed E-state index contributed by atoms with van der Waals surface area (Å²) in [5.74, 6) is 5.22. The molecule has 37 heavy (non-hydrogen) atoms. The SMILES string of the molecule is CC(C)CC#Cc1ccc2c(c1)O[C@H](CN(C)C(=O)c1ccccc1F)[C@@H](C)CN([C@@H](C)CO)S2(=O)=O. The van der Waals surface area contributed by atoms with Crippen molar-refractivity contribution in [1.29, 1.82) is 0 Å². The molecule has 1 heterocycles. The molecule has 3 rings (SSSR count). The Morgan fingerprint density at radius 1 is 1.24 bits per heavy atom. The van der Waals surface area contributed by atoms with Gasteiger partial charge in [0.1, 0.15) is 22.6 Å². The van der Waals surface area contributed by atoms with Crippen LogP contribution in [0.3, 0.4) is 0 Å². The first-order valence-electron chi connectivity index (χ1n) is 12.4. The van der Waals surface area contributed by atoms with Crippen molar-refractivity contribution in [2.24, 2.45) is 11.8 Å². The predicted octanol–water partition coefficient (Wildman–Crippen LogP) is 3.76. The van der Waals surface area contributed by atoms with Gasteiger partial charge in [-0.3, -0.25) is 4.79 Å². The number of likely N-dealkylation sites (N-methyl/N-ethyl adjacent to an activating group) is 1. The second-order valence-corrected chi connectivity index (χ2v) is 11.8. The van der Waals surface area contributed by atoms with Crippen LogP contribution in [0.15, 0.2) is 47.4 Å². The molecule has 0 fully saturated rings. The van der Waals surface area contributed by atoms with Gasteiger partial charge in [-0.05, 0) is 43.2 Å². The largest absolute Gasteiger partial charge is 0.487 e. The Labute approximate surface area is 219 Å². The van der Waals surface area contributed by atoms with Gasteiger partial charge in [-0.1, -0.05) is 44.7 Å². The van der Waals surface area contributed by atoms with Crippen molar-refractivity contribution in [3.63, 3.8) is 0 Å². The maximum atomic E-state index is 14.2. The number of nitrogens with zero attached hydrogens (tertiary/aromatic N) is 2. The van der Waals surface area contributed by atoms with E-state index in [2.05, 4.69) is 25.7 Å². The molecule has 1 amide bonds. The summed E-state index contributed by atoms with van der Waals surface area (Å²) in [5.41, 5.74) is 0.559. The van der Waals surface area contributed by atoms with E-state index in [0.29, 0.717) is 17.9 Å². The van der Waals surface area contributed by atoms with Crippen LogP contribution in [0.5, 0.6) is 5.75 Å². The van der Waals surface area contributed by atoms with Gasteiger partial charge in [0.15, 0.2) is 0 Å². The van der Waals surface area contributed by atoms with E-state index in [1.165, 1.54) is 33.5 Å². The van der Waals surface area contributed by atoms with E-state index in [-0.39, 0.29) is 41.8 Å². The Hall–Kier alpha value is -2.93. The van der Waals surface area contributed by atoms with E-state index < -0.39 is 33.9 Å². The number of aliphatic hydroxyl groups is 1. The Bertz CT molecular complexity index is 1280. The number of fused-ring (bicyclic) bond motifs is 1. The molecule has 9 heteroatoms. The molecule has 0 aromatic heterocycles. The van der Waals surface area contributed by atoms with E-state index in [9.17, 15) is 22.7 Å². The highest BCUT2D eigenvalue weighted by atomic mass is 32.2. The maximum Gasteiger partial charge on any atom is 0.256 e.